The molecule has 118 valence electrons. The van der Waals surface area contributed by atoms with Gasteiger partial charge < -0.3 is 15.2 Å². The molecule has 0 radical (unpaired) electrons. The van der Waals surface area contributed by atoms with Crippen LogP contribution in [0.25, 0.3) is 0 Å². The summed E-state index contributed by atoms with van der Waals surface area (Å²) in [5.74, 6) is 2.31. The van der Waals surface area contributed by atoms with Crippen LogP contribution in [0.5, 0.6) is 5.75 Å². The summed E-state index contributed by atoms with van der Waals surface area (Å²) >= 11 is 3.58. The molecule has 0 heterocycles. The van der Waals surface area contributed by atoms with E-state index in [1.54, 1.807) is 7.11 Å². The van der Waals surface area contributed by atoms with Gasteiger partial charge in [0.25, 0.3) is 0 Å². The lowest BCUT2D eigenvalue weighted by Crippen LogP contribution is -2.25. The van der Waals surface area contributed by atoms with Gasteiger partial charge in [-0.15, -0.1) is 0 Å². The van der Waals surface area contributed by atoms with E-state index in [0.717, 1.165) is 16.1 Å². The van der Waals surface area contributed by atoms with Gasteiger partial charge in [-0.25, -0.2) is 0 Å². The van der Waals surface area contributed by atoms with Crippen LogP contribution in [0.1, 0.15) is 44.2 Å². The highest BCUT2D eigenvalue weighted by molar-refractivity contribution is 9.10. The quantitative estimate of drug-likeness (QED) is 0.773. The number of hydrogen-bond acceptors (Lipinski definition) is 3. The Labute approximate surface area is 136 Å². The fraction of sp³-hybridized carbons (Fsp3) is 0.647. The summed E-state index contributed by atoms with van der Waals surface area (Å²) in [6, 6.07) is 6.32. The number of halogens is 1. The van der Waals surface area contributed by atoms with E-state index in [2.05, 4.69) is 35.0 Å². The second kappa shape index (κ2) is 8.16. The van der Waals surface area contributed by atoms with Crippen molar-refractivity contribution in [3.63, 3.8) is 0 Å². The van der Waals surface area contributed by atoms with E-state index in [0.29, 0.717) is 19.1 Å². The molecule has 0 spiro atoms. The third-order valence-corrected chi connectivity index (χ3v) is 5.07. The van der Waals surface area contributed by atoms with E-state index in [4.69, 9.17) is 15.2 Å². The van der Waals surface area contributed by atoms with E-state index in [9.17, 15) is 0 Å². The minimum atomic E-state index is 0.127. The SMILES string of the molecule is COCCOc1ccc(C(N)C2CCC(C)CC2)cc1Br. The lowest BCUT2D eigenvalue weighted by atomic mass is 9.78. The fourth-order valence-corrected chi connectivity index (χ4v) is 3.50. The predicted octanol–water partition coefficient (Wildman–Crippen LogP) is 4.30. The topological polar surface area (TPSA) is 44.5 Å². The number of hydrogen-bond donors (Lipinski definition) is 1. The molecule has 1 atom stereocenters. The molecule has 4 heteroatoms. The predicted molar refractivity (Wildman–Crippen MR) is 89.6 cm³/mol. The van der Waals surface area contributed by atoms with Crippen LogP contribution in [0.4, 0.5) is 0 Å². The molecule has 1 aromatic rings. The largest absolute Gasteiger partial charge is 0.490 e. The van der Waals surface area contributed by atoms with Crippen LogP contribution in [0.3, 0.4) is 0 Å². The minimum absolute atomic E-state index is 0.127. The van der Waals surface area contributed by atoms with Crippen molar-refractivity contribution in [2.75, 3.05) is 20.3 Å². The summed E-state index contributed by atoms with van der Waals surface area (Å²) < 4.78 is 11.6. The van der Waals surface area contributed by atoms with Crippen LogP contribution in [0.15, 0.2) is 22.7 Å². The van der Waals surface area contributed by atoms with E-state index in [1.807, 2.05) is 6.07 Å². The van der Waals surface area contributed by atoms with Crippen molar-refractivity contribution in [1.82, 2.24) is 0 Å². The van der Waals surface area contributed by atoms with E-state index in [-0.39, 0.29) is 6.04 Å². The third kappa shape index (κ3) is 4.70. The van der Waals surface area contributed by atoms with Crippen molar-refractivity contribution in [2.24, 2.45) is 17.6 Å². The molecule has 0 aliphatic heterocycles. The zero-order valence-corrected chi connectivity index (χ0v) is 14.6. The highest BCUT2D eigenvalue weighted by Crippen LogP contribution is 2.37. The first kappa shape index (κ1) is 16.8. The molecule has 1 aliphatic rings. The monoisotopic (exact) mass is 355 g/mol. The Hall–Kier alpha value is -0.580. The molecular formula is C17H26BrNO2. The van der Waals surface area contributed by atoms with Crippen molar-refractivity contribution in [3.05, 3.63) is 28.2 Å². The molecule has 2 rings (SSSR count). The first-order valence-electron chi connectivity index (χ1n) is 7.78. The average molecular weight is 356 g/mol. The Morgan fingerprint density at radius 1 is 1.24 bits per heavy atom. The second-order valence-corrected chi connectivity index (χ2v) is 6.93. The summed E-state index contributed by atoms with van der Waals surface area (Å²) in [5.41, 5.74) is 7.67. The molecule has 0 saturated heterocycles. The van der Waals surface area contributed by atoms with E-state index >= 15 is 0 Å². The lowest BCUT2D eigenvalue weighted by Gasteiger charge is -2.31. The number of ether oxygens (including phenoxy) is 2. The van der Waals surface area contributed by atoms with Crippen molar-refractivity contribution >= 4 is 15.9 Å². The van der Waals surface area contributed by atoms with Crippen molar-refractivity contribution < 1.29 is 9.47 Å². The van der Waals surface area contributed by atoms with Crippen LogP contribution >= 0.6 is 15.9 Å². The summed E-state index contributed by atoms with van der Waals surface area (Å²) in [6.45, 7) is 3.49. The molecule has 2 N–H and O–H groups in total. The molecule has 0 aromatic heterocycles. The van der Waals surface area contributed by atoms with Crippen LogP contribution < -0.4 is 10.5 Å². The zero-order valence-electron chi connectivity index (χ0n) is 13.0. The molecule has 1 fully saturated rings. The van der Waals surface area contributed by atoms with E-state index < -0.39 is 0 Å². The smallest absolute Gasteiger partial charge is 0.133 e. The molecule has 1 unspecified atom stereocenters. The normalized spacial score (nSPS) is 23.8. The first-order valence-corrected chi connectivity index (χ1v) is 8.58. The Kier molecular flexibility index (Phi) is 6.52. The molecule has 1 saturated carbocycles. The first-order chi connectivity index (χ1) is 10.1. The maximum Gasteiger partial charge on any atom is 0.133 e. The fourth-order valence-electron chi connectivity index (χ4n) is 2.99. The highest BCUT2D eigenvalue weighted by atomic mass is 79.9. The molecule has 1 aliphatic carbocycles. The minimum Gasteiger partial charge on any atom is -0.490 e. The van der Waals surface area contributed by atoms with Crippen LogP contribution in [-0.4, -0.2) is 20.3 Å². The van der Waals surface area contributed by atoms with Gasteiger partial charge in [0.05, 0.1) is 11.1 Å². The Morgan fingerprint density at radius 3 is 2.57 bits per heavy atom. The summed E-state index contributed by atoms with van der Waals surface area (Å²) in [4.78, 5) is 0. The van der Waals surface area contributed by atoms with Gasteiger partial charge in [0, 0.05) is 13.2 Å². The van der Waals surface area contributed by atoms with Gasteiger partial charge in [0.15, 0.2) is 0 Å². The number of nitrogens with two attached hydrogens (primary N) is 1. The average Bonchev–Trinajstić information content (AvgIpc) is 2.49. The van der Waals surface area contributed by atoms with Crippen molar-refractivity contribution in [1.29, 1.82) is 0 Å². The molecule has 0 bridgehead atoms. The Bertz CT molecular complexity index is 444. The van der Waals surface area contributed by atoms with Gasteiger partial charge in [-0.05, 0) is 58.3 Å². The summed E-state index contributed by atoms with van der Waals surface area (Å²) in [5, 5.41) is 0. The number of rotatable bonds is 6. The Balaban J connectivity index is 1.98. The summed E-state index contributed by atoms with van der Waals surface area (Å²) in [7, 11) is 1.67. The van der Waals surface area contributed by atoms with Crippen molar-refractivity contribution in [3.8, 4) is 5.75 Å². The molecule has 0 amide bonds. The van der Waals surface area contributed by atoms with Crippen LogP contribution in [-0.2, 0) is 4.74 Å². The molecule has 21 heavy (non-hydrogen) atoms. The highest BCUT2D eigenvalue weighted by Gasteiger charge is 2.25. The molecule has 3 nitrogen and oxygen atoms in total. The van der Waals surface area contributed by atoms with Crippen LogP contribution in [0, 0.1) is 11.8 Å². The Morgan fingerprint density at radius 2 is 1.95 bits per heavy atom. The van der Waals surface area contributed by atoms with Gasteiger partial charge in [-0.3, -0.25) is 0 Å². The maximum atomic E-state index is 6.47. The number of benzene rings is 1. The summed E-state index contributed by atoms with van der Waals surface area (Å²) in [6.07, 6.45) is 5.09. The van der Waals surface area contributed by atoms with Gasteiger partial charge >= 0.3 is 0 Å². The lowest BCUT2D eigenvalue weighted by molar-refractivity contribution is 0.146. The van der Waals surface area contributed by atoms with Crippen LogP contribution in [0.2, 0.25) is 0 Å². The standard InChI is InChI=1S/C17H26BrNO2/c1-12-3-5-13(6-4-12)17(19)14-7-8-16(15(18)11-14)21-10-9-20-2/h7-8,11-13,17H,3-6,9-10,19H2,1-2H3. The van der Waals surface area contributed by atoms with Gasteiger partial charge in [0.2, 0.25) is 0 Å². The zero-order chi connectivity index (χ0) is 15.2. The molecule has 1 aromatic carbocycles. The van der Waals surface area contributed by atoms with Crippen molar-refractivity contribution in [2.45, 2.75) is 38.6 Å². The van der Waals surface area contributed by atoms with Gasteiger partial charge in [-0.1, -0.05) is 25.8 Å². The van der Waals surface area contributed by atoms with E-state index in [1.165, 1.54) is 31.2 Å². The molecular weight excluding hydrogens is 330 g/mol. The maximum absolute atomic E-state index is 6.47. The van der Waals surface area contributed by atoms with Gasteiger partial charge in [-0.2, -0.15) is 0 Å². The second-order valence-electron chi connectivity index (χ2n) is 6.08. The van der Waals surface area contributed by atoms with Gasteiger partial charge in [0.1, 0.15) is 12.4 Å². The number of methoxy groups -OCH3 is 1. The third-order valence-electron chi connectivity index (χ3n) is 4.45.